The molecule has 6 heteroatoms. The molecule has 1 saturated heterocycles. The van der Waals surface area contributed by atoms with Gasteiger partial charge in [-0.25, -0.2) is 4.39 Å². The van der Waals surface area contributed by atoms with Crippen LogP contribution in [-0.4, -0.2) is 44.7 Å². The summed E-state index contributed by atoms with van der Waals surface area (Å²) in [5.74, 6) is 0.593. The van der Waals surface area contributed by atoms with E-state index in [1.165, 1.54) is 11.6 Å². The lowest BCUT2D eigenvalue weighted by Crippen LogP contribution is -2.48. The second-order valence-electron chi connectivity index (χ2n) is 7.15. The minimum absolute atomic E-state index is 0. The topological polar surface area (TPSA) is 36.9 Å². The number of nitrogens with zero attached hydrogens (tertiary/aromatic N) is 2. The number of aliphatic imine (C=N–C) groups is 1. The molecule has 4 nitrogen and oxygen atoms in total. The average molecular weight is 497 g/mol. The lowest BCUT2D eigenvalue weighted by molar-refractivity contribution is 0.0512. The van der Waals surface area contributed by atoms with Gasteiger partial charge in [0.1, 0.15) is 5.82 Å². The van der Waals surface area contributed by atoms with Crippen LogP contribution in [0.2, 0.25) is 0 Å². The van der Waals surface area contributed by atoms with Crippen molar-refractivity contribution in [1.82, 2.24) is 10.2 Å². The van der Waals surface area contributed by atoms with Crippen LogP contribution < -0.4 is 5.32 Å². The Kier molecular flexibility index (Phi) is 8.69. The number of hydrogen-bond donors (Lipinski definition) is 1. The van der Waals surface area contributed by atoms with Crippen molar-refractivity contribution in [3.05, 3.63) is 71.5 Å². The Labute approximate surface area is 184 Å². The van der Waals surface area contributed by atoms with E-state index in [1.54, 1.807) is 19.2 Å². The number of hydrogen-bond acceptors (Lipinski definition) is 2. The summed E-state index contributed by atoms with van der Waals surface area (Å²) >= 11 is 0. The molecule has 0 spiro atoms. The molecule has 2 aromatic rings. The summed E-state index contributed by atoms with van der Waals surface area (Å²) in [6.07, 6.45) is 1.96. The monoisotopic (exact) mass is 497 g/mol. The molecule has 0 aliphatic carbocycles. The van der Waals surface area contributed by atoms with Gasteiger partial charge in [0.25, 0.3) is 0 Å². The Morgan fingerprint density at radius 2 is 1.86 bits per heavy atom. The molecule has 0 saturated carbocycles. The van der Waals surface area contributed by atoms with E-state index in [4.69, 9.17) is 4.74 Å². The van der Waals surface area contributed by atoms with Crippen LogP contribution in [-0.2, 0) is 16.7 Å². The predicted octanol–water partition coefficient (Wildman–Crippen LogP) is 4.20. The van der Waals surface area contributed by atoms with Gasteiger partial charge in [0, 0.05) is 45.8 Å². The molecule has 2 aromatic carbocycles. The maximum atomic E-state index is 13.5. The van der Waals surface area contributed by atoms with Crippen molar-refractivity contribution in [3.63, 3.8) is 0 Å². The molecule has 1 fully saturated rings. The Hall–Kier alpha value is -1.67. The highest BCUT2D eigenvalue weighted by atomic mass is 127. The minimum atomic E-state index is -0.214. The van der Waals surface area contributed by atoms with Crippen LogP contribution in [0.1, 0.15) is 24.0 Å². The molecule has 1 aliphatic heterocycles. The van der Waals surface area contributed by atoms with Crippen LogP contribution in [0.3, 0.4) is 0 Å². The van der Waals surface area contributed by atoms with Gasteiger partial charge in [0.15, 0.2) is 5.96 Å². The number of ether oxygens (including phenoxy) is 1. The summed E-state index contributed by atoms with van der Waals surface area (Å²) in [7, 11) is 3.75. The van der Waals surface area contributed by atoms with E-state index in [-0.39, 0.29) is 35.2 Å². The number of rotatable bonds is 5. The van der Waals surface area contributed by atoms with Crippen molar-refractivity contribution in [2.75, 3.05) is 33.9 Å². The third-order valence-electron chi connectivity index (χ3n) is 5.30. The lowest BCUT2D eigenvalue weighted by Gasteiger charge is -2.39. The largest absolute Gasteiger partial charge is 0.381 e. The molecule has 152 valence electrons. The molecule has 1 aliphatic rings. The second-order valence-corrected chi connectivity index (χ2v) is 7.15. The average Bonchev–Trinajstić information content (AvgIpc) is 2.70. The van der Waals surface area contributed by atoms with Gasteiger partial charge >= 0.3 is 0 Å². The molecule has 0 unspecified atom stereocenters. The Morgan fingerprint density at radius 1 is 1.14 bits per heavy atom. The van der Waals surface area contributed by atoms with Crippen LogP contribution >= 0.6 is 24.0 Å². The minimum Gasteiger partial charge on any atom is -0.381 e. The molecule has 1 heterocycles. The van der Waals surface area contributed by atoms with E-state index in [9.17, 15) is 4.39 Å². The van der Waals surface area contributed by atoms with Gasteiger partial charge in [0.2, 0.25) is 0 Å². The molecule has 1 N–H and O–H groups in total. The van der Waals surface area contributed by atoms with Crippen LogP contribution in [0.15, 0.2) is 59.6 Å². The van der Waals surface area contributed by atoms with E-state index < -0.39 is 0 Å². The van der Waals surface area contributed by atoms with Crippen molar-refractivity contribution in [2.24, 2.45) is 4.99 Å². The van der Waals surface area contributed by atoms with E-state index in [0.717, 1.165) is 44.1 Å². The van der Waals surface area contributed by atoms with Crippen molar-refractivity contribution in [2.45, 2.75) is 24.8 Å². The first-order valence-electron chi connectivity index (χ1n) is 9.42. The summed E-state index contributed by atoms with van der Waals surface area (Å²) in [6.45, 7) is 2.93. The normalized spacial score (nSPS) is 16.2. The third-order valence-corrected chi connectivity index (χ3v) is 5.30. The van der Waals surface area contributed by atoms with Crippen molar-refractivity contribution >= 4 is 29.9 Å². The fourth-order valence-electron chi connectivity index (χ4n) is 3.74. The lowest BCUT2D eigenvalue weighted by atomic mass is 9.74. The van der Waals surface area contributed by atoms with Gasteiger partial charge in [-0.05, 0) is 36.1 Å². The highest BCUT2D eigenvalue weighted by Gasteiger charge is 2.34. The van der Waals surface area contributed by atoms with Gasteiger partial charge in [0.05, 0.1) is 0 Å². The number of nitrogens with one attached hydrogen (secondary N) is 1. The summed E-state index contributed by atoms with van der Waals surface area (Å²) in [5, 5.41) is 3.54. The SMILES string of the molecule is CN=C(NCC1(c2ccccc2)CCOCC1)N(C)Cc1cccc(F)c1.I. The van der Waals surface area contributed by atoms with Crippen molar-refractivity contribution in [1.29, 1.82) is 0 Å². The Balaban J connectivity index is 0.00000280. The van der Waals surface area contributed by atoms with Gasteiger partial charge in [-0.15, -0.1) is 24.0 Å². The van der Waals surface area contributed by atoms with Crippen LogP contribution in [0.25, 0.3) is 0 Å². The molecule has 0 amide bonds. The number of benzene rings is 2. The first kappa shape index (κ1) is 22.6. The molecule has 0 radical (unpaired) electrons. The zero-order valence-electron chi connectivity index (χ0n) is 16.5. The van der Waals surface area contributed by atoms with Crippen LogP contribution in [0, 0.1) is 5.82 Å². The predicted molar refractivity (Wildman–Crippen MR) is 123 cm³/mol. The van der Waals surface area contributed by atoms with Crippen molar-refractivity contribution in [3.8, 4) is 0 Å². The fraction of sp³-hybridized carbons (Fsp3) is 0.409. The highest BCUT2D eigenvalue weighted by Crippen LogP contribution is 2.34. The van der Waals surface area contributed by atoms with E-state index >= 15 is 0 Å². The molecule has 3 rings (SSSR count). The number of halogens is 2. The Bertz CT molecular complexity index is 763. The zero-order valence-corrected chi connectivity index (χ0v) is 18.9. The van der Waals surface area contributed by atoms with Gasteiger partial charge in [-0.2, -0.15) is 0 Å². The summed E-state index contributed by atoms with van der Waals surface area (Å²) in [6, 6.07) is 17.3. The quantitative estimate of drug-likeness (QED) is 0.383. The summed E-state index contributed by atoms with van der Waals surface area (Å²) in [5.41, 5.74) is 2.29. The third kappa shape index (κ3) is 5.67. The first-order valence-corrected chi connectivity index (χ1v) is 9.42. The smallest absolute Gasteiger partial charge is 0.193 e. The van der Waals surface area contributed by atoms with Crippen LogP contribution in [0.4, 0.5) is 4.39 Å². The van der Waals surface area contributed by atoms with E-state index in [2.05, 4.69) is 40.6 Å². The molecule has 0 aromatic heterocycles. The van der Waals surface area contributed by atoms with Gasteiger partial charge in [-0.3, -0.25) is 4.99 Å². The van der Waals surface area contributed by atoms with Gasteiger partial charge in [-0.1, -0.05) is 42.5 Å². The Morgan fingerprint density at radius 3 is 2.50 bits per heavy atom. The molecule has 0 atom stereocenters. The highest BCUT2D eigenvalue weighted by molar-refractivity contribution is 14.0. The summed E-state index contributed by atoms with van der Waals surface area (Å²) < 4.78 is 19.1. The fourth-order valence-corrected chi connectivity index (χ4v) is 3.74. The van der Waals surface area contributed by atoms with Gasteiger partial charge < -0.3 is 15.0 Å². The molecular formula is C22H29FIN3O. The van der Waals surface area contributed by atoms with E-state index in [0.29, 0.717) is 6.54 Å². The molecule has 0 bridgehead atoms. The molecular weight excluding hydrogens is 468 g/mol. The number of guanidine groups is 1. The van der Waals surface area contributed by atoms with E-state index in [1.807, 2.05) is 18.0 Å². The zero-order chi connectivity index (χ0) is 19.1. The van der Waals surface area contributed by atoms with Crippen molar-refractivity contribution < 1.29 is 9.13 Å². The summed E-state index contributed by atoms with van der Waals surface area (Å²) in [4.78, 5) is 6.44. The van der Waals surface area contributed by atoms with Crippen LogP contribution in [0.5, 0.6) is 0 Å². The standard InChI is InChI=1S/C22H28FN3O.HI/c1-24-21(26(2)16-18-7-6-10-20(23)15-18)25-17-22(11-13-27-14-12-22)19-8-4-3-5-9-19;/h3-10,15H,11-14,16-17H2,1-2H3,(H,24,25);1H. The maximum absolute atomic E-state index is 13.5. The molecule has 28 heavy (non-hydrogen) atoms. The maximum Gasteiger partial charge on any atom is 0.193 e. The first-order chi connectivity index (χ1) is 13.1. The second kappa shape index (κ2) is 10.8.